The van der Waals surface area contributed by atoms with E-state index in [1.165, 1.54) is 5.57 Å². The SMILES string of the molecule is CC1(C)CC(C(CC(=O)O)NC(=O)CON=C2C=C[C@@]3(C)C(=C2)CCC2C3CC[C@@]3(C)C2CC[C@]3(C)O)CCO1. The number of ether oxygens (including phenoxy) is 1. The number of aliphatic hydroxyl groups is 1. The Labute approximate surface area is 238 Å². The number of hydrogen-bond donors (Lipinski definition) is 3. The summed E-state index contributed by atoms with van der Waals surface area (Å²) in [5.41, 5.74) is 1.17. The van der Waals surface area contributed by atoms with Gasteiger partial charge in [-0.15, -0.1) is 0 Å². The minimum atomic E-state index is -0.937. The molecule has 4 aliphatic carbocycles. The summed E-state index contributed by atoms with van der Waals surface area (Å²) in [7, 11) is 0. The quantitative estimate of drug-likeness (QED) is 0.380. The Morgan fingerprint density at radius 1 is 1.12 bits per heavy atom. The molecule has 1 aliphatic heterocycles. The topological polar surface area (TPSA) is 117 Å². The summed E-state index contributed by atoms with van der Waals surface area (Å²) >= 11 is 0. The van der Waals surface area contributed by atoms with Crippen LogP contribution in [0, 0.1) is 34.5 Å². The summed E-state index contributed by atoms with van der Waals surface area (Å²) in [6.07, 6.45) is 14.0. The van der Waals surface area contributed by atoms with E-state index in [4.69, 9.17) is 9.57 Å². The average Bonchev–Trinajstić information content (AvgIpc) is 3.11. The molecule has 8 atom stereocenters. The summed E-state index contributed by atoms with van der Waals surface area (Å²) in [5, 5.41) is 27.7. The van der Waals surface area contributed by atoms with Crippen molar-refractivity contribution in [2.45, 2.75) is 110 Å². The highest BCUT2D eigenvalue weighted by molar-refractivity contribution is 6.05. The molecule has 0 aromatic carbocycles. The molecule has 40 heavy (non-hydrogen) atoms. The van der Waals surface area contributed by atoms with Crippen LogP contribution in [0.5, 0.6) is 0 Å². The molecule has 5 rings (SSSR count). The van der Waals surface area contributed by atoms with Gasteiger partial charge in [0.1, 0.15) is 5.71 Å². The predicted molar refractivity (Wildman–Crippen MR) is 153 cm³/mol. The largest absolute Gasteiger partial charge is 0.481 e. The number of carboxylic acid groups (broad SMARTS) is 1. The molecule has 1 heterocycles. The van der Waals surface area contributed by atoms with E-state index in [9.17, 15) is 19.8 Å². The van der Waals surface area contributed by atoms with Crippen molar-refractivity contribution in [3.8, 4) is 0 Å². The van der Waals surface area contributed by atoms with Crippen LogP contribution in [0.4, 0.5) is 0 Å². The molecule has 5 aliphatic rings. The third kappa shape index (κ3) is 5.38. The zero-order chi connectivity index (χ0) is 28.9. The third-order valence-corrected chi connectivity index (χ3v) is 11.5. The Bertz CT molecular complexity index is 1110. The van der Waals surface area contributed by atoms with Gasteiger partial charge in [-0.1, -0.05) is 30.7 Å². The van der Waals surface area contributed by atoms with Crippen LogP contribution in [0.1, 0.15) is 92.4 Å². The van der Waals surface area contributed by atoms with E-state index in [2.05, 4.69) is 36.5 Å². The van der Waals surface area contributed by atoms with Crippen molar-refractivity contribution in [1.82, 2.24) is 5.32 Å². The molecule has 1 amide bonds. The second-order valence-electron chi connectivity index (χ2n) is 14.4. The van der Waals surface area contributed by atoms with Gasteiger partial charge in [-0.2, -0.15) is 0 Å². The number of rotatable bonds is 7. The maximum atomic E-state index is 12.7. The molecule has 0 aromatic heterocycles. The summed E-state index contributed by atoms with van der Waals surface area (Å²) in [4.78, 5) is 29.6. The van der Waals surface area contributed by atoms with Gasteiger partial charge in [0.15, 0.2) is 6.61 Å². The Kier molecular flexibility index (Phi) is 7.75. The summed E-state index contributed by atoms with van der Waals surface area (Å²) in [6.45, 7) is 11.0. The van der Waals surface area contributed by atoms with Gasteiger partial charge < -0.3 is 25.1 Å². The normalized spacial score (nSPS) is 41.8. The molecule has 0 spiro atoms. The Balaban J connectivity index is 1.19. The highest BCUT2D eigenvalue weighted by atomic mass is 16.6. The van der Waals surface area contributed by atoms with Gasteiger partial charge >= 0.3 is 5.97 Å². The van der Waals surface area contributed by atoms with E-state index < -0.39 is 17.6 Å². The summed E-state index contributed by atoms with van der Waals surface area (Å²) in [5.74, 6) is 0.483. The second kappa shape index (κ2) is 10.6. The van der Waals surface area contributed by atoms with Crippen LogP contribution in [0.25, 0.3) is 0 Å². The molecule has 0 bridgehead atoms. The zero-order valence-corrected chi connectivity index (χ0v) is 24.9. The lowest BCUT2D eigenvalue weighted by Gasteiger charge is -2.58. The number of nitrogens with one attached hydrogen (secondary N) is 1. The highest BCUT2D eigenvalue weighted by Gasteiger charge is 2.62. The minimum absolute atomic E-state index is 0.00952. The summed E-state index contributed by atoms with van der Waals surface area (Å²) in [6, 6.07) is -0.474. The Hall–Kier alpha value is -2.19. The molecule has 5 unspecified atom stereocenters. The van der Waals surface area contributed by atoms with Gasteiger partial charge in [0.05, 0.1) is 17.6 Å². The van der Waals surface area contributed by atoms with Gasteiger partial charge in [-0.05, 0) is 113 Å². The molecule has 0 aromatic rings. The number of fused-ring (bicyclic) bond motifs is 5. The van der Waals surface area contributed by atoms with E-state index in [0.717, 1.165) is 38.5 Å². The highest BCUT2D eigenvalue weighted by Crippen LogP contribution is 2.66. The summed E-state index contributed by atoms with van der Waals surface area (Å²) < 4.78 is 5.77. The first kappa shape index (κ1) is 29.3. The molecule has 0 radical (unpaired) electrons. The Morgan fingerprint density at radius 3 is 2.60 bits per heavy atom. The number of allylic oxidation sites excluding steroid dienone is 4. The number of aliphatic carboxylic acids is 1. The van der Waals surface area contributed by atoms with Crippen LogP contribution in [-0.2, 0) is 19.2 Å². The lowest BCUT2D eigenvalue weighted by molar-refractivity contribution is -0.139. The van der Waals surface area contributed by atoms with Gasteiger partial charge in [-0.3, -0.25) is 9.59 Å². The van der Waals surface area contributed by atoms with Crippen molar-refractivity contribution in [1.29, 1.82) is 0 Å². The maximum absolute atomic E-state index is 12.7. The van der Waals surface area contributed by atoms with Crippen LogP contribution in [-0.4, -0.2) is 58.3 Å². The molecule has 8 nitrogen and oxygen atoms in total. The molecular formula is C32H48N2O6. The fourth-order valence-electron chi connectivity index (χ4n) is 9.07. The van der Waals surface area contributed by atoms with Gasteiger partial charge in [0.25, 0.3) is 5.91 Å². The molecule has 3 saturated carbocycles. The van der Waals surface area contributed by atoms with Crippen molar-refractivity contribution < 1.29 is 29.4 Å². The van der Waals surface area contributed by atoms with Crippen molar-refractivity contribution in [2.75, 3.05) is 13.2 Å². The van der Waals surface area contributed by atoms with Gasteiger partial charge in [0.2, 0.25) is 0 Å². The van der Waals surface area contributed by atoms with E-state index in [-0.39, 0.29) is 41.3 Å². The fraction of sp³-hybridized carbons (Fsp3) is 0.781. The molecule has 4 fully saturated rings. The molecule has 1 saturated heterocycles. The number of hydrogen-bond acceptors (Lipinski definition) is 6. The lowest BCUT2D eigenvalue weighted by atomic mass is 9.47. The maximum Gasteiger partial charge on any atom is 0.305 e. The number of amides is 1. The monoisotopic (exact) mass is 556 g/mol. The lowest BCUT2D eigenvalue weighted by Crippen LogP contribution is -2.53. The second-order valence-corrected chi connectivity index (χ2v) is 14.4. The minimum Gasteiger partial charge on any atom is -0.481 e. The van der Waals surface area contributed by atoms with Crippen molar-refractivity contribution >= 4 is 17.6 Å². The number of nitrogens with zero attached hydrogens (tertiary/aromatic N) is 1. The van der Waals surface area contributed by atoms with E-state index in [0.29, 0.717) is 42.9 Å². The van der Waals surface area contributed by atoms with E-state index in [1.807, 2.05) is 26.8 Å². The first-order chi connectivity index (χ1) is 18.7. The number of carbonyl (C=O) groups excluding carboxylic acids is 1. The van der Waals surface area contributed by atoms with Crippen molar-refractivity contribution in [2.24, 2.45) is 39.7 Å². The van der Waals surface area contributed by atoms with Crippen LogP contribution >= 0.6 is 0 Å². The standard InChI is InChI=1S/C32H48N2O6/c1-29(2)18-20(11-15-39-29)26(17-28(36)37)33-27(35)19-40-34-22-8-12-30(3)21(16-22)6-7-23-24(30)9-13-31(4)25(23)10-14-32(31,5)38/h8,12,16,20,23-26,38H,6-7,9-11,13-15,17-19H2,1-5H3,(H,33,35)(H,36,37)/t20?,23?,24?,25?,26?,30-,31-,32-/m0/s1. The predicted octanol–water partition coefficient (Wildman–Crippen LogP) is 5.01. The number of oxime groups is 1. The molecule has 222 valence electrons. The van der Waals surface area contributed by atoms with Crippen molar-refractivity contribution in [3.05, 3.63) is 23.8 Å². The van der Waals surface area contributed by atoms with Crippen LogP contribution in [0.2, 0.25) is 0 Å². The number of carboxylic acids is 1. The molecular weight excluding hydrogens is 508 g/mol. The fourth-order valence-corrected chi connectivity index (χ4v) is 9.07. The average molecular weight is 557 g/mol. The van der Waals surface area contributed by atoms with Crippen LogP contribution in [0.15, 0.2) is 29.0 Å². The first-order valence-corrected chi connectivity index (χ1v) is 15.2. The van der Waals surface area contributed by atoms with E-state index >= 15 is 0 Å². The first-order valence-electron chi connectivity index (χ1n) is 15.2. The van der Waals surface area contributed by atoms with Gasteiger partial charge in [-0.25, -0.2) is 0 Å². The zero-order valence-electron chi connectivity index (χ0n) is 24.9. The van der Waals surface area contributed by atoms with Crippen LogP contribution in [0.3, 0.4) is 0 Å². The molecule has 3 N–H and O–H groups in total. The molecule has 8 heteroatoms. The smallest absolute Gasteiger partial charge is 0.305 e. The number of carbonyl (C=O) groups is 2. The van der Waals surface area contributed by atoms with Gasteiger partial charge in [0, 0.05) is 18.1 Å². The third-order valence-electron chi connectivity index (χ3n) is 11.5. The van der Waals surface area contributed by atoms with E-state index in [1.54, 1.807) is 0 Å². The van der Waals surface area contributed by atoms with Crippen LogP contribution < -0.4 is 5.32 Å². The van der Waals surface area contributed by atoms with Crippen molar-refractivity contribution in [3.63, 3.8) is 0 Å². The Morgan fingerprint density at radius 2 is 1.88 bits per heavy atom.